The molecule has 0 saturated carbocycles. The summed E-state index contributed by atoms with van der Waals surface area (Å²) in [7, 11) is 0. The quantitative estimate of drug-likeness (QED) is 0.618. The molecule has 1 fully saturated rings. The van der Waals surface area contributed by atoms with Crippen molar-refractivity contribution in [1.82, 2.24) is 9.88 Å². The van der Waals surface area contributed by atoms with Crippen LogP contribution >= 0.6 is 0 Å². The van der Waals surface area contributed by atoms with Crippen LogP contribution in [0.3, 0.4) is 0 Å². The normalized spacial score (nSPS) is 15.8. The molecule has 1 aliphatic rings. The summed E-state index contributed by atoms with van der Waals surface area (Å²) in [4.78, 5) is 42.4. The molecule has 25 heavy (non-hydrogen) atoms. The Labute approximate surface area is 148 Å². The first-order valence-corrected chi connectivity index (χ1v) is 8.62. The largest absolute Gasteiger partial charge is 0.444 e. The average Bonchev–Trinajstić information content (AvgIpc) is 2.53. The first kappa shape index (κ1) is 19.1. The minimum Gasteiger partial charge on any atom is -0.444 e. The fraction of sp³-hybridized carbons (Fsp3) is 0.579. The minimum atomic E-state index is -0.530. The SMILES string of the molecule is Cc1ccncc1C(=O)CC(=O)C1CCN(C(=O)OC(C)(C)C)CC1. The molecule has 0 aliphatic carbocycles. The van der Waals surface area contributed by atoms with E-state index in [-0.39, 0.29) is 30.0 Å². The van der Waals surface area contributed by atoms with E-state index in [0.717, 1.165) is 5.56 Å². The van der Waals surface area contributed by atoms with Crippen molar-refractivity contribution in [3.05, 3.63) is 29.6 Å². The number of hydrogen-bond acceptors (Lipinski definition) is 5. The maximum Gasteiger partial charge on any atom is 0.410 e. The van der Waals surface area contributed by atoms with E-state index in [1.165, 1.54) is 6.20 Å². The fourth-order valence-electron chi connectivity index (χ4n) is 2.86. The molecule has 0 spiro atoms. The molecule has 1 aromatic rings. The highest BCUT2D eigenvalue weighted by Gasteiger charge is 2.30. The van der Waals surface area contributed by atoms with Crippen molar-refractivity contribution in [2.45, 2.75) is 52.6 Å². The van der Waals surface area contributed by atoms with E-state index < -0.39 is 5.60 Å². The second kappa shape index (κ2) is 7.76. The van der Waals surface area contributed by atoms with Crippen LogP contribution in [0.1, 0.15) is 56.0 Å². The van der Waals surface area contributed by atoms with Gasteiger partial charge in [0, 0.05) is 37.0 Å². The molecule has 1 amide bonds. The van der Waals surface area contributed by atoms with E-state index in [0.29, 0.717) is 31.5 Å². The lowest BCUT2D eigenvalue weighted by Crippen LogP contribution is -2.43. The number of aromatic nitrogens is 1. The number of carbonyl (C=O) groups excluding carboxylic acids is 3. The van der Waals surface area contributed by atoms with Gasteiger partial charge >= 0.3 is 6.09 Å². The molecular weight excluding hydrogens is 320 g/mol. The molecule has 0 unspecified atom stereocenters. The maximum atomic E-state index is 12.4. The highest BCUT2D eigenvalue weighted by molar-refractivity contribution is 6.09. The number of likely N-dealkylation sites (tertiary alicyclic amines) is 1. The second-order valence-electron chi connectivity index (χ2n) is 7.50. The number of nitrogens with zero attached hydrogens (tertiary/aromatic N) is 2. The zero-order valence-corrected chi connectivity index (χ0v) is 15.4. The lowest BCUT2D eigenvalue weighted by atomic mass is 9.89. The van der Waals surface area contributed by atoms with Crippen LogP contribution in [-0.4, -0.2) is 46.2 Å². The van der Waals surface area contributed by atoms with Crippen LogP contribution in [-0.2, 0) is 9.53 Å². The number of piperidine rings is 1. The molecule has 0 aromatic carbocycles. The number of carbonyl (C=O) groups is 3. The standard InChI is InChI=1S/C19H26N2O4/c1-13-5-8-20-12-15(13)17(23)11-16(22)14-6-9-21(10-7-14)18(24)25-19(2,3)4/h5,8,12,14H,6-7,9-11H2,1-4H3. The molecule has 0 bridgehead atoms. The van der Waals surface area contributed by atoms with Crippen LogP contribution in [0.15, 0.2) is 18.5 Å². The number of Topliss-reactive ketones (excluding diaryl/α,β-unsaturated/α-hetero) is 2. The predicted molar refractivity (Wildman–Crippen MR) is 93.5 cm³/mol. The summed E-state index contributed by atoms with van der Waals surface area (Å²) in [5.74, 6) is -0.429. The molecule has 0 radical (unpaired) electrons. The third-order valence-electron chi connectivity index (χ3n) is 4.28. The molecule has 1 aliphatic heterocycles. The topological polar surface area (TPSA) is 76.6 Å². The minimum absolute atomic E-state index is 0.0582. The molecule has 1 aromatic heterocycles. The van der Waals surface area contributed by atoms with Crippen LogP contribution in [0, 0.1) is 12.8 Å². The van der Waals surface area contributed by atoms with E-state index in [9.17, 15) is 14.4 Å². The second-order valence-corrected chi connectivity index (χ2v) is 7.50. The highest BCUT2D eigenvalue weighted by atomic mass is 16.6. The number of ether oxygens (including phenoxy) is 1. The van der Waals surface area contributed by atoms with Crippen molar-refractivity contribution < 1.29 is 19.1 Å². The van der Waals surface area contributed by atoms with Crippen LogP contribution in [0.4, 0.5) is 4.79 Å². The Morgan fingerprint density at radius 3 is 2.44 bits per heavy atom. The molecule has 0 N–H and O–H groups in total. The number of hydrogen-bond donors (Lipinski definition) is 0. The van der Waals surface area contributed by atoms with Crippen LogP contribution in [0.25, 0.3) is 0 Å². The van der Waals surface area contributed by atoms with Gasteiger partial charge in [-0.1, -0.05) is 0 Å². The molecule has 1 saturated heterocycles. The fourth-order valence-corrected chi connectivity index (χ4v) is 2.86. The van der Waals surface area contributed by atoms with Gasteiger partial charge < -0.3 is 9.64 Å². The summed E-state index contributed by atoms with van der Waals surface area (Å²) in [5, 5.41) is 0. The summed E-state index contributed by atoms with van der Waals surface area (Å²) in [5.41, 5.74) is 0.798. The molecule has 2 rings (SSSR count). The first-order valence-electron chi connectivity index (χ1n) is 8.62. The van der Waals surface area contributed by atoms with Crippen LogP contribution in [0.5, 0.6) is 0 Å². The van der Waals surface area contributed by atoms with Gasteiger partial charge in [0.25, 0.3) is 0 Å². The van der Waals surface area contributed by atoms with Crippen molar-refractivity contribution >= 4 is 17.7 Å². The third kappa shape index (κ3) is 5.37. The molecule has 2 heterocycles. The Morgan fingerprint density at radius 2 is 1.88 bits per heavy atom. The molecular formula is C19H26N2O4. The van der Waals surface area contributed by atoms with Gasteiger partial charge in [-0.05, 0) is 52.2 Å². The van der Waals surface area contributed by atoms with E-state index in [1.54, 1.807) is 17.2 Å². The Hall–Kier alpha value is -2.24. The Bertz CT molecular complexity index is 656. The zero-order valence-electron chi connectivity index (χ0n) is 15.4. The van der Waals surface area contributed by atoms with Gasteiger partial charge in [-0.25, -0.2) is 4.79 Å². The van der Waals surface area contributed by atoms with Crippen molar-refractivity contribution in [1.29, 1.82) is 0 Å². The predicted octanol–water partition coefficient (Wildman–Crippen LogP) is 3.18. The summed E-state index contributed by atoms with van der Waals surface area (Å²) in [6.07, 6.45) is 3.81. The van der Waals surface area contributed by atoms with Crippen molar-refractivity contribution in [2.75, 3.05) is 13.1 Å². The highest BCUT2D eigenvalue weighted by Crippen LogP contribution is 2.22. The number of pyridine rings is 1. The zero-order chi connectivity index (χ0) is 18.6. The monoisotopic (exact) mass is 346 g/mol. The van der Waals surface area contributed by atoms with Gasteiger partial charge in [-0.3, -0.25) is 14.6 Å². The average molecular weight is 346 g/mol. The number of aryl methyl sites for hydroxylation is 1. The van der Waals surface area contributed by atoms with E-state index in [1.807, 2.05) is 27.7 Å². The Kier molecular flexibility index (Phi) is 5.93. The van der Waals surface area contributed by atoms with Crippen molar-refractivity contribution in [3.8, 4) is 0 Å². The van der Waals surface area contributed by atoms with Gasteiger partial charge in [0.15, 0.2) is 5.78 Å². The third-order valence-corrected chi connectivity index (χ3v) is 4.28. The molecule has 6 heteroatoms. The summed E-state index contributed by atoms with van der Waals surface area (Å²) >= 11 is 0. The van der Waals surface area contributed by atoms with Crippen molar-refractivity contribution in [2.24, 2.45) is 5.92 Å². The smallest absolute Gasteiger partial charge is 0.410 e. The van der Waals surface area contributed by atoms with Gasteiger partial charge in [0.2, 0.25) is 0 Å². The lowest BCUT2D eigenvalue weighted by molar-refractivity contribution is -0.123. The van der Waals surface area contributed by atoms with Gasteiger partial charge in [-0.2, -0.15) is 0 Å². The first-order chi connectivity index (χ1) is 11.7. The lowest BCUT2D eigenvalue weighted by Gasteiger charge is -2.32. The van der Waals surface area contributed by atoms with Crippen LogP contribution in [0.2, 0.25) is 0 Å². The summed E-state index contributed by atoms with van der Waals surface area (Å²) in [6, 6.07) is 1.76. The summed E-state index contributed by atoms with van der Waals surface area (Å²) < 4.78 is 5.35. The van der Waals surface area contributed by atoms with E-state index in [2.05, 4.69) is 4.98 Å². The molecule has 6 nitrogen and oxygen atoms in total. The number of amides is 1. The van der Waals surface area contributed by atoms with Crippen LogP contribution < -0.4 is 0 Å². The van der Waals surface area contributed by atoms with E-state index in [4.69, 9.17) is 4.74 Å². The molecule has 0 atom stereocenters. The molecule has 136 valence electrons. The van der Waals surface area contributed by atoms with Gasteiger partial charge in [-0.15, -0.1) is 0 Å². The van der Waals surface area contributed by atoms with Gasteiger partial charge in [0.1, 0.15) is 11.4 Å². The summed E-state index contributed by atoms with van der Waals surface area (Å²) in [6.45, 7) is 8.27. The van der Waals surface area contributed by atoms with Crippen molar-refractivity contribution in [3.63, 3.8) is 0 Å². The number of ketones is 2. The Morgan fingerprint density at radius 1 is 1.24 bits per heavy atom. The van der Waals surface area contributed by atoms with Gasteiger partial charge in [0.05, 0.1) is 6.42 Å². The number of rotatable bonds is 4. The van der Waals surface area contributed by atoms with E-state index >= 15 is 0 Å². The Balaban J connectivity index is 1.86. The maximum absolute atomic E-state index is 12.4.